The molecule has 0 bridgehead atoms. The first-order valence-electron chi connectivity index (χ1n) is 5.78. The molecule has 2 aromatic rings. The Morgan fingerprint density at radius 3 is 3.06 bits per heavy atom. The summed E-state index contributed by atoms with van der Waals surface area (Å²) in [4.78, 5) is 5.06. The lowest BCUT2D eigenvalue weighted by atomic mass is 10.0. The maximum Gasteiger partial charge on any atom is 0.167 e. The molecule has 1 atom stereocenters. The number of hydrogen-bond donors (Lipinski definition) is 1. The number of hydrogen-bond acceptors (Lipinski definition) is 5. The number of aromatic nitrogens is 1. The van der Waals surface area contributed by atoms with Crippen molar-refractivity contribution in [3.8, 4) is 11.5 Å². The fourth-order valence-corrected chi connectivity index (χ4v) is 2.64. The van der Waals surface area contributed by atoms with Gasteiger partial charge in [0, 0.05) is 23.1 Å². The van der Waals surface area contributed by atoms with E-state index in [2.05, 4.69) is 4.98 Å². The lowest BCUT2D eigenvalue weighted by Gasteiger charge is -2.22. The van der Waals surface area contributed by atoms with Gasteiger partial charge in [0.1, 0.15) is 13.2 Å². The molecule has 0 amide bonds. The van der Waals surface area contributed by atoms with Gasteiger partial charge in [-0.25, -0.2) is 0 Å². The number of nitrogens with zero attached hydrogens (tertiary/aromatic N) is 1. The van der Waals surface area contributed by atoms with Crippen LogP contribution in [0.1, 0.15) is 16.5 Å². The van der Waals surface area contributed by atoms with Crippen molar-refractivity contribution in [3.05, 3.63) is 40.3 Å². The number of fused-ring (bicyclic) bond motifs is 1. The van der Waals surface area contributed by atoms with Gasteiger partial charge in [0.25, 0.3) is 0 Å². The summed E-state index contributed by atoms with van der Waals surface area (Å²) in [6.45, 7) is 1.08. The van der Waals surface area contributed by atoms with Gasteiger partial charge in [-0.15, -0.1) is 11.3 Å². The highest BCUT2D eigenvalue weighted by molar-refractivity contribution is 7.09. The zero-order valence-electron chi connectivity index (χ0n) is 9.70. The molecule has 94 valence electrons. The zero-order valence-corrected chi connectivity index (χ0v) is 10.5. The Bertz CT molecular complexity index is 527. The molecule has 0 spiro atoms. The number of para-hydroxylation sites is 1. The van der Waals surface area contributed by atoms with Crippen LogP contribution in [-0.2, 0) is 6.42 Å². The molecule has 2 heterocycles. The Kier molecular flexibility index (Phi) is 3.17. The number of ether oxygens (including phenoxy) is 2. The smallest absolute Gasteiger partial charge is 0.167 e. The summed E-state index contributed by atoms with van der Waals surface area (Å²) in [5.74, 6) is 1.38. The molecule has 1 unspecified atom stereocenters. The van der Waals surface area contributed by atoms with Crippen LogP contribution in [0.4, 0.5) is 0 Å². The van der Waals surface area contributed by atoms with E-state index in [-0.39, 0.29) is 0 Å². The van der Waals surface area contributed by atoms with Gasteiger partial charge in [0.2, 0.25) is 0 Å². The first kappa shape index (κ1) is 11.5. The Labute approximate surface area is 109 Å². The number of benzene rings is 1. The van der Waals surface area contributed by atoms with E-state index in [0.717, 1.165) is 10.4 Å². The molecular formula is C13H13NO3S. The monoisotopic (exact) mass is 263 g/mol. The van der Waals surface area contributed by atoms with Gasteiger partial charge < -0.3 is 14.6 Å². The van der Waals surface area contributed by atoms with Crippen molar-refractivity contribution in [1.82, 2.24) is 4.98 Å². The Morgan fingerprint density at radius 1 is 1.33 bits per heavy atom. The van der Waals surface area contributed by atoms with Crippen LogP contribution in [0, 0.1) is 0 Å². The van der Waals surface area contributed by atoms with Gasteiger partial charge in [0.05, 0.1) is 11.6 Å². The maximum absolute atomic E-state index is 10.3. The molecule has 0 radical (unpaired) electrons. The number of thiazole rings is 1. The van der Waals surface area contributed by atoms with Crippen LogP contribution in [-0.4, -0.2) is 23.3 Å². The van der Waals surface area contributed by atoms with Crippen LogP contribution in [0.3, 0.4) is 0 Å². The van der Waals surface area contributed by atoms with E-state index in [4.69, 9.17) is 9.47 Å². The van der Waals surface area contributed by atoms with Gasteiger partial charge in [-0.2, -0.15) is 0 Å². The van der Waals surface area contributed by atoms with Crippen molar-refractivity contribution in [2.75, 3.05) is 13.2 Å². The minimum atomic E-state index is -0.595. The third-order valence-corrected chi connectivity index (χ3v) is 3.64. The van der Waals surface area contributed by atoms with Crippen molar-refractivity contribution in [2.24, 2.45) is 0 Å². The second-order valence-corrected chi connectivity index (χ2v) is 5.03. The van der Waals surface area contributed by atoms with E-state index in [1.165, 1.54) is 0 Å². The molecule has 0 saturated carbocycles. The van der Waals surface area contributed by atoms with E-state index in [9.17, 15) is 5.11 Å². The van der Waals surface area contributed by atoms with Crippen LogP contribution in [0.15, 0.2) is 29.9 Å². The lowest BCUT2D eigenvalue weighted by molar-refractivity contribution is 0.146. The second-order valence-electron chi connectivity index (χ2n) is 4.06. The van der Waals surface area contributed by atoms with Crippen LogP contribution in [0.5, 0.6) is 11.5 Å². The lowest BCUT2D eigenvalue weighted by Crippen LogP contribution is -2.17. The summed E-state index contributed by atoms with van der Waals surface area (Å²) in [6, 6.07) is 5.61. The highest BCUT2D eigenvalue weighted by Gasteiger charge is 2.21. The van der Waals surface area contributed by atoms with Crippen LogP contribution in [0.25, 0.3) is 0 Å². The summed E-state index contributed by atoms with van der Waals surface area (Å²) in [5.41, 5.74) is 2.54. The first-order chi connectivity index (χ1) is 8.84. The van der Waals surface area contributed by atoms with Crippen molar-refractivity contribution >= 4 is 11.3 Å². The molecule has 3 rings (SSSR count). The molecule has 0 aliphatic carbocycles. The standard InChI is InChI=1S/C13H13NO3S/c15-11(6-9-7-14-8-18-9)10-2-1-3-12-13(10)17-5-4-16-12/h1-3,7-8,11,15H,4-6H2. The van der Waals surface area contributed by atoms with Crippen molar-refractivity contribution in [3.63, 3.8) is 0 Å². The van der Waals surface area contributed by atoms with E-state index < -0.39 is 6.10 Å². The van der Waals surface area contributed by atoms with Gasteiger partial charge in [-0.3, -0.25) is 4.98 Å². The molecule has 18 heavy (non-hydrogen) atoms. The van der Waals surface area contributed by atoms with Crippen LogP contribution in [0.2, 0.25) is 0 Å². The molecular weight excluding hydrogens is 250 g/mol. The Balaban J connectivity index is 1.87. The Hall–Kier alpha value is -1.59. The fraction of sp³-hybridized carbons (Fsp3) is 0.308. The molecule has 0 fully saturated rings. The topological polar surface area (TPSA) is 51.6 Å². The normalized spacial score (nSPS) is 15.4. The quantitative estimate of drug-likeness (QED) is 0.922. The van der Waals surface area contributed by atoms with Crippen molar-refractivity contribution in [2.45, 2.75) is 12.5 Å². The summed E-state index contributed by atoms with van der Waals surface area (Å²) in [6.07, 6.45) is 1.73. The molecule has 1 aromatic carbocycles. The van der Waals surface area contributed by atoms with Crippen molar-refractivity contribution < 1.29 is 14.6 Å². The summed E-state index contributed by atoms with van der Waals surface area (Å²) in [5, 5.41) is 10.3. The summed E-state index contributed by atoms with van der Waals surface area (Å²) in [7, 11) is 0. The van der Waals surface area contributed by atoms with Gasteiger partial charge >= 0.3 is 0 Å². The van der Waals surface area contributed by atoms with E-state index in [1.807, 2.05) is 18.2 Å². The Morgan fingerprint density at radius 2 is 2.22 bits per heavy atom. The van der Waals surface area contributed by atoms with E-state index >= 15 is 0 Å². The van der Waals surface area contributed by atoms with Crippen LogP contribution >= 0.6 is 11.3 Å². The predicted molar refractivity (Wildman–Crippen MR) is 68.2 cm³/mol. The highest BCUT2D eigenvalue weighted by atomic mass is 32.1. The third kappa shape index (κ3) is 2.19. The third-order valence-electron chi connectivity index (χ3n) is 2.83. The fourth-order valence-electron chi connectivity index (χ4n) is 2.00. The number of rotatable bonds is 3. The SMILES string of the molecule is OC(Cc1cncs1)c1cccc2c1OCCO2. The molecule has 1 N–H and O–H groups in total. The van der Waals surface area contributed by atoms with E-state index in [1.54, 1.807) is 23.0 Å². The summed E-state index contributed by atoms with van der Waals surface area (Å²) < 4.78 is 11.1. The van der Waals surface area contributed by atoms with Gasteiger partial charge in [-0.05, 0) is 6.07 Å². The zero-order chi connectivity index (χ0) is 12.4. The van der Waals surface area contributed by atoms with E-state index in [0.29, 0.717) is 31.1 Å². The average Bonchev–Trinajstić information content (AvgIpc) is 2.91. The minimum Gasteiger partial charge on any atom is -0.486 e. The van der Waals surface area contributed by atoms with Gasteiger partial charge in [-0.1, -0.05) is 12.1 Å². The minimum absolute atomic E-state index is 0.525. The second kappa shape index (κ2) is 4.96. The maximum atomic E-state index is 10.3. The highest BCUT2D eigenvalue weighted by Crippen LogP contribution is 2.37. The molecule has 1 aromatic heterocycles. The molecule has 4 nitrogen and oxygen atoms in total. The first-order valence-corrected chi connectivity index (χ1v) is 6.66. The molecule has 1 aliphatic rings. The predicted octanol–water partition coefficient (Wildman–Crippen LogP) is 2.19. The van der Waals surface area contributed by atoms with Crippen LogP contribution < -0.4 is 9.47 Å². The number of aliphatic hydroxyl groups excluding tert-OH is 1. The number of aliphatic hydroxyl groups is 1. The van der Waals surface area contributed by atoms with Gasteiger partial charge in [0.15, 0.2) is 11.5 Å². The molecule has 0 saturated heterocycles. The molecule has 1 aliphatic heterocycles. The molecule has 5 heteroatoms. The van der Waals surface area contributed by atoms with Crippen molar-refractivity contribution in [1.29, 1.82) is 0 Å². The average molecular weight is 263 g/mol. The summed E-state index contributed by atoms with van der Waals surface area (Å²) >= 11 is 1.54. The largest absolute Gasteiger partial charge is 0.486 e.